The average molecular weight is 228 g/mol. The average Bonchev–Trinajstić information content (AvgIpc) is 2.77. The molecule has 5 heteroatoms. The van der Waals surface area contributed by atoms with E-state index in [1.54, 1.807) is 0 Å². The first-order valence-electron chi connectivity index (χ1n) is 5.24. The van der Waals surface area contributed by atoms with Gasteiger partial charge in [0, 0.05) is 0 Å². The van der Waals surface area contributed by atoms with Crippen LogP contribution in [0.25, 0.3) is 0 Å². The molecule has 0 aromatic carbocycles. The fraction of sp³-hybridized carbons (Fsp3) is 0.250. The summed E-state index contributed by atoms with van der Waals surface area (Å²) in [5, 5.41) is 11.7. The number of hydrogen-bond donors (Lipinski definition) is 1. The molecular formula is C12H12N4O. The predicted octanol–water partition coefficient (Wildman–Crippen LogP) is 2.42. The zero-order chi connectivity index (χ0) is 12.3. The molecule has 5 nitrogen and oxygen atoms in total. The molecule has 0 saturated heterocycles. The predicted molar refractivity (Wildman–Crippen MR) is 62.2 cm³/mol. The minimum Gasteiger partial charge on any atom is -0.464 e. The van der Waals surface area contributed by atoms with Crippen LogP contribution in [-0.2, 0) is 0 Å². The zero-order valence-electron chi connectivity index (χ0n) is 9.64. The van der Waals surface area contributed by atoms with Gasteiger partial charge in [0.05, 0.1) is 18.4 Å². The van der Waals surface area contributed by atoms with E-state index < -0.39 is 0 Å². The van der Waals surface area contributed by atoms with Crippen molar-refractivity contribution in [2.24, 2.45) is 0 Å². The molecule has 2 heterocycles. The summed E-state index contributed by atoms with van der Waals surface area (Å²) < 4.78 is 5.50. The van der Waals surface area contributed by atoms with Gasteiger partial charge < -0.3 is 9.73 Å². The standard InChI is InChI=1S/C12H12N4O/c1-8-3-4-11(17-8)9(2)16-12-7-14-10(5-13)6-15-12/h3-4,6-7,9H,1-2H3,(H,15,16). The van der Waals surface area contributed by atoms with Crippen LogP contribution in [0.15, 0.2) is 28.9 Å². The van der Waals surface area contributed by atoms with Crippen molar-refractivity contribution in [2.45, 2.75) is 19.9 Å². The highest BCUT2D eigenvalue weighted by Crippen LogP contribution is 2.19. The lowest BCUT2D eigenvalue weighted by Gasteiger charge is -2.11. The Morgan fingerprint density at radius 1 is 1.35 bits per heavy atom. The quantitative estimate of drug-likeness (QED) is 0.873. The Bertz CT molecular complexity index is 538. The highest BCUT2D eigenvalue weighted by molar-refractivity contribution is 5.35. The summed E-state index contributed by atoms with van der Waals surface area (Å²) in [5.74, 6) is 2.33. The number of furan rings is 1. The van der Waals surface area contributed by atoms with Crippen LogP contribution in [0.4, 0.5) is 5.82 Å². The van der Waals surface area contributed by atoms with Crippen LogP contribution in [0.5, 0.6) is 0 Å². The van der Waals surface area contributed by atoms with Gasteiger partial charge in [0.2, 0.25) is 0 Å². The number of anilines is 1. The third kappa shape index (κ3) is 2.61. The smallest absolute Gasteiger partial charge is 0.158 e. The van der Waals surface area contributed by atoms with Crippen molar-refractivity contribution in [3.8, 4) is 6.07 Å². The number of nitrogens with zero attached hydrogens (tertiary/aromatic N) is 3. The van der Waals surface area contributed by atoms with Crippen LogP contribution in [0.2, 0.25) is 0 Å². The number of hydrogen-bond acceptors (Lipinski definition) is 5. The lowest BCUT2D eigenvalue weighted by Crippen LogP contribution is -2.07. The van der Waals surface area contributed by atoms with Crippen LogP contribution in [-0.4, -0.2) is 9.97 Å². The van der Waals surface area contributed by atoms with Gasteiger partial charge >= 0.3 is 0 Å². The zero-order valence-corrected chi connectivity index (χ0v) is 9.64. The van der Waals surface area contributed by atoms with Crippen molar-refractivity contribution in [1.29, 1.82) is 5.26 Å². The maximum Gasteiger partial charge on any atom is 0.158 e. The van der Waals surface area contributed by atoms with Crippen molar-refractivity contribution >= 4 is 5.82 Å². The molecule has 0 aliphatic rings. The highest BCUT2D eigenvalue weighted by atomic mass is 16.3. The molecule has 0 aliphatic heterocycles. The summed E-state index contributed by atoms with van der Waals surface area (Å²) in [5.41, 5.74) is 0.303. The molecule has 2 aromatic heterocycles. The van der Waals surface area contributed by atoms with Gasteiger partial charge in [-0.15, -0.1) is 0 Å². The molecule has 0 amide bonds. The van der Waals surface area contributed by atoms with E-state index in [0.717, 1.165) is 11.5 Å². The minimum atomic E-state index is 0.00550. The Balaban J connectivity index is 2.08. The van der Waals surface area contributed by atoms with E-state index in [1.807, 2.05) is 32.0 Å². The summed E-state index contributed by atoms with van der Waals surface area (Å²) >= 11 is 0. The van der Waals surface area contributed by atoms with Gasteiger partial charge in [-0.1, -0.05) is 0 Å². The summed E-state index contributed by atoms with van der Waals surface area (Å²) in [6.45, 7) is 3.87. The van der Waals surface area contributed by atoms with E-state index in [0.29, 0.717) is 11.5 Å². The first kappa shape index (κ1) is 11.1. The molecule has 0 fully saturated rings. The molecule has 2 rings (SSSR count). The molecule has 1 N–H and O–H groups in total. The lowest BCUT2D eigenvalue weighted by atomic mass is 10.2. The van der Waals surface area contributed by atoms with Crippen LogP contribution in [0.1, 0.15) is 30.2 Å². The SMILES string of the molecule is Cc1ccc(C(C)Nc2cnc(C#N)cn2)o1. The van der Waals surface area contributed by atoms with Crippen LogP contribution in [0, 0.1) is 18.3 Å². The Morgan fingerprint density at radius 3 is 2.71 bits per heavy atom. The summed E-state index contributed by atoms with van der Waals surface area (Å²) in [4.78, 5) is 8.02. The first-order valence-corrected chi connectivity index (χ1v) is 5.24. The maximum atomic E-state index is 8.60. The summed E-state index contributed by atoms with van der Waals surface area (Å²) in [6.07, 6.45) is 2.97. The second-order valence-electron chi connectivity index (χ2n) is 3.71. The van der Waals surface area contributed by atoms with Gasteiger partial charge in [0.15, 0.2) is 5.69 Å². The summed E-state index contributed by atoms with van der Waals surface area (Å²) in [6, 6.07) is 5.76. The van der Waals surface area contributed by atoms with Crippen LogP contribution >= 0.6 is 0 Å². The van der Waals surface area contributed by atoms with Crippen molar-refractivity contribution in [3.63, 3.8) is 0 Å². The van der Waals surface area contributed by atoms with Crippen LogP contribution in [0.3, 0.4) is 0 Å². The van der Waals surface area contributed by atoms with Crippen LogP contribution < -0.4 is 5.32 Å². The topological polar surface area (TPSA) is 74.7 Å². The van der Waals surface area contributed by atoms with Crippen molar-refractivity contribution in [1.82, 2.24) is 9.97 Å². The molecule has 17 heavy (non-hydrogen) atoms. The van der Waals surface area contributed by atoms with Gasteiger partial charge in [0.1, 0.15) is 23.4 Å². The van der Waals surface area contributed by atoms with Gasteiger partial charge in [-0.2, -0.15) is 5.26 Å². The third-order valence-electron chi connectivity index (χ3n) is 2.32. The molecule has 0 bridgehead atoms. The fourth-order valence-corrected chi connectivity index (χ4v) is 1.44. The van der Waals surface area contributed by atoms with Gasteiger partial charge in [-0.25, -0.2) is 9.97 Å². The molecule has 0 aliphatic carbocycles. The molecule has 2 aromatic rings. The molecule has 0 saturated carbocycles. The molecule has 0 radical (unpaired) electrons. The first-order chi connectivity index (χ1) is 8.19. The van der Waals surface area contributed by atoms with E-state index in [1.165, 1.54) is 12.4 Å². The Kier molecular flexibility index (Phi) is 3.06. The maximum absolute atomic E-state index is 8.60. The van der Waals surface area contributed by atoms with E-state index in [-0.39, 0.29) is 6.04 Å². The normalized spacial score (nSPS) is 11.8. The van der Waals surface area contributed by atoms with Crippen molar-refractivity contribution in [3.05, 3.63) is 41.7 Å². The van der Waals surface area contributed by atoms with Gasteiger partial charge in [-0.3, -0.25) is 0 Å². The minimum absolute atomic E-state index is 0.00550. The molecular weight excluding hydrogens is 216 g/mol. The molecule has 1 atom stereocenters. The molecule has 86 valence electrons. The summed E-state index contributed by atoms with van der Waals surface area (Å²) in [7, 11) is 0. The number of nitriles is 1. The number of rotatable bonds is 3. The second-order valence-corrected chi connectivity index (χ2v) is 3.71. The monoisotopic (exact) mass is 228 g/mol. The Morgan fingerprint density at radius 2 is 2.18 bits per heavy atom. The number of aromatic nitrogens is 2. The number of aryl methyl sites for hydroxylation is 1. The van der Waals surface area contributed by atoms with Crippen molar-refractivity contribution in [2.75, 3.05) is 5.32 Å². The van der Waals surface area contributed by atoms with E-state index in [4.69, 9.17) is 9.68 Å². The van der Waals surface area contributed by atoms with E-state index >= 15 is 0 Å². The highest BCUT2D eigenvalue weighted by Gasteiger charge is 2.09. The van der Waals surface area contributed by atoms with Crippen molar-refractivity contribution < 1.29 is 4.42 Å². The lowest BCUT2D eigenvalue weighted by molar-refractivity contribution is 0.466. The molecule has 0 spiro atoms. The molecule has 1 unspecified atom stereocenters. The van der Waals surface area contributed by atoms with Gasteiger partial charge in [-0.05, 0) is 26.0 Å². The third-order valence-corrected chi connectivity index (χ3v) is 2.32. The Labute approximate surface area is 99.1 Å². The van der Waals surface area contributed by atoms with E-state index in [9.17, 15) is 0 Å². The number of nitrogens with one attached hydrogen (secondary N) is 1. The second kappa shape index (κ2) is 4.66. The fourth-order valence-electron chi connectivity index (χ4n) is 1.44. The largest absolute Gasteiger partial charge is 0.464 e. The van der Waals surface area contributed by atoms with Gasteiger partial charge in [0.25, 0.3) is 0 Å². The Hall–Kier alpha value is -2.35. The van der Waals surface area contributed by atoms with E-state index in [2.05, 4.69) is 15.3 Å².